The summed E-state index contributed by atoms with van der Waals surface area (Å²) >= 11 is 0. The summed E-state index contributed by atoms with van der Waals surface area (Å²) < 4.78 is 39.5. The third-order valence-electron chi connectivity index (χ3n) is 4.95. The largest absolute Gasteiger partial charge is 0.352 e. The van der Waals surface area contributed by atoms with Gasteiger partial charge in [-0.3, -0.25) is 9.59 Å². The summed E-state index contributed by atoms with van der Waals surface area (Å²) in [6.07, 6.45) is 2.72. The van der Waals surface area contributed by atoms with E-state index in [4.69, 9.17) is 0 Å². The summed E-state index contributed by atoms with van der Waals surface area (Å²) in [7, 11) is -3.70. The fraction of sp³-hybridized carbons (Fsp3) is 0.556. The smallest absolute Gasteiger partial charge is 0.243 e. The number of carbonyl (C=O) groups excluding carboxylic acids is 2. The highest BCUT2D eigenvalue weighted by Crippen LogP contribution is 2.24. The van der Waals surface area contributed by atoms with E-state index in [0.29, 0.717) is 12.8 Å². The van der Waals surface area contributed by atoms with E-state index in [0.717, 1.165) is 25.0 Å². The van der Waals surface area contributed by atoms with Crippen LogP contribution in [-0.2, 0) is 19.6 Å². The number of amides is 2. The van der Waals surface area contributed by atoms with E-state index in [1.54, 1.807) is 6.92 Å². The van der Waals surface area contributed by atoms with Crippen LogP contribution in [0.4, 0.5) is 4.39 Å². The van der Waals surface area contributed by atoms with Crippen molar-refractivity contribution in [3.05, 3.63) is 30.1 Å². The first-order chi connectivity index (χ1) is 12.8. The van der Waals surface area contributed by atoms with E-state index in [1.807, 2.05) is 0 Å². The molecule has 2 aliphatic rings. The SMILES string of the molecule is C[C@H](NC(=O)C1CCN(S(=O)(=O)c2ccc(F)cc2)CC1)C(=O)NC1CC1. The van der Waals surface area contributed by atoms with Gasteiger partial charge >= 0.3 is 0 Å². The quantitative estimate of drug-likeness (QED) is 0.749. The van der Waals surface area contributed by atoms with Crippen molar-refractivity contribution in [1.82, 2.24) is 14.9 Å². The first-order valence-electron chi connectivity index (χ1n) is 9.14. The molecule has 0 bridgehead atoms. The third kappa shape index (κ3) is 4.84. The molecule has 0 radical (unpaired) electrons. The lowest BCUT2D eigenvalue weighted by atomic mass is 9.97. The summed E-state index contributed by atoms with van der Waals surface area (Å²) in [5.74, 6) is -1.25. The van der Waals surface area contributed by atoms with Crippen molar-refractivity contribution in [1.29, 1.82) is 0 Å². The molecule has 9 heteroatoms. The van der Waals surface area contributed by atoms with Gasteiger partial charge in [0.2, 0.25) is 21.8 Å². The number of nitrogens with zero attached hydrogens (tertiary/aromatic N) is 1. The molecule has 3 rings (SSSR count). The third-order valence-corrected chi connectivity index (χ3v) is 6.86. The van der Waals surface area contributed by atoms with E-state index in [2.05, 4.69) is 10.6 Å². The lowest BCUT2D eigenvalue weighted by Crippen LogP contribution is -2.49. The Kier molecular flexibility index (Phi) is 5.81. The number of sulfonamides is 1. The molecular formula is C18H24FN3O4S. The van der Waals surface area contributed by atoms with E-state index in [-0.39, 0.29) is 41.8 Å². The Morgan fingerprint density at radius 2 is 1.70 bits per heavy atom. The number of carbonyl (C=O) groups is 2. The van der Waals surface area contributed by atoms with Crippen LogP contribution in [0.2, 0.25) is 0 Å². The standard InChI is InChI=1S/C18H24FN3O4S/c1-12(17(23)21-15-4-5-15)20-18(24)13-8-10-22(11-9-13)27(25,26)16-6-2-14(19)3-7-16/h2-3,6-7,12-13,15H,4-5,8-11H2,1H3,(H,20,24)(H,21,23)/t12-/m0/s1. The first-order valence-corrected chi connectivity index (χ1v) is 10.6. The number of piperidine rings is 1. The number of rotatable bonds is 6. The maximum absolute atomic E-state index is 13.0. The van der Waals surface area contributed by atoms with Gasteiger partial charge in [0.25, 0.3) is 0 Å². The van der Waals surface area contributed by atoms with Gasteiger partial charge in [0.05, 0.1) is 4.90 Å². The van der Waals surface area contributed by atoms with Crippen LogP contribution in [0.3, 0.4) is 0 Å². The summed E-state index contributed by atoms with van der Waals surface area (Å²) in [5.41, 5.74) is 0. The molecule has 1 heterocycles. The van der Waals surface area contributed by atoms with Crippen LogP contribution < -0.4 is 10.6 Å². The molecule has 2 fully saturated rings. The Bertz CT molecular complexity index is 800. The van der Waals surface area contributed by atoms with E-state index in [9.17, 15) is 22.4 Å². The molecule has 1 aliphatic carbocycles. The molecule has 1 saturated carbocycles. The van der Waals surface area contributed by atoms with Gasteiger partial charge in [0, 0.05) is 25.0 Å². The molecule has 7 nitrogen and oxygen atoms in total. The minimum Gasteiger partial charge on any atom is -0.352 e. The minimum absolute atomic E-state index is 0.0390. The van der Waals surface area contributed by atoms with Gasteiger partial charge in [-0.15, -0.1) is 0 Å². The van der Waals surface area contributed by atoms with E-state index >= 15 is 0 Å². The van der Waals surface area contributed by atoms with Crippen LogP contribution in [0, 0.1) is 11.7 Å². The molecule has 2 N–H and O–H groups in total. The highest BCUT2D eigenvalue weighted by Gasteiger charge is 2.33. The number of nitrogens with one attached hydrogen (secondary N) is 2. The highest BCUT2D eigenvalue weighted by atomic mass is 32.2. The molecule has 1 atom stereocenters. The molecule has 27 heavy (non-hydrogen) atoms. The maximum atomic E-state index is 13.0. The lowest BCUT2D eigenvalue weighted by Gasteiger charge is -2.31. The Balaban J connectivity index is 1.52. The average Bonchev–Trinajstić information content (AvgIpc) is 3.46. The van der Waals surface area contributed by atoms with Crippen LogP contribution in [-0.4, -0.2) is 49.7 Å². The Labute approximate surface area is 158 Å². The van der Waals surface area contributed by atoms with Crippen LogP contribution in [0.5, 0.6) is 0 Å². The van der Waals surface area contributed by atoms with Crippen molar-refractivity contribution in [3.63, 3.8) is 0 Å². The topological polar surface area (TPSA) is 95.6 Å². The van der Waals surface area contributed by atoms with Crippen LogP contribution in [0.1, 0.15) is 32.6 Å². The van der Waals surface area contributed by atoms with Crippen LogP contribution >= 0.6 is 0 Å². The highest BCUT2D eigenvalue weighted by molar-refractivity contribution is 7.89. The molecular weight excluding hydrogens is 373 g/mol. The Morgan fingerprint density at radius 1 is 1.11 bits per heavy atom. The van der Waals surface area contributed by atoms with Crippen LogP contribution in [0.15, 0.2) is 29.2 Å². The normalized spacial score (nSPS) is 20.1. The zero-order valence-electron chi connectivity index (χ0n) is 15.2. The van der Waals surface area contributed by atoms with Crippen molar-refractivity contribution in [2.24, 2.45) is 5.92 Å². The zero-order chi connectivity index (χ0) is 19.6. The maximum Gasteiger partial charge on any atom is 0.243 e. The van der Waals surface area contributed by atoms with Gasteiger partial charge in [-0.2, -0.15) is 4.31 Å². The molecule has 1 aromatic carbocycles. The number of hydrogen-bond donors (Lipinski definition) is 2. The second kappa shape index (κ2) is 7.93. The Hall–Kier alpha value is -2.00. The van der Waals surface area contributed by atoms with Gasteiger partial charge in [-0.1, -0.05) is 0 Å². The summed E-state index contributed by atoms with van der Waals surface area (Å²) in [6, 6.07) is 4.33. The first kappa shape index (κ1) is 19.8. The Morgan fingerprint density at radius 3 is 2.26 bits per heavy atom. The lowest BCUT2D eigenvalue weighted by molar-refractivity contribution is -0.131. The fourth-order valence-corrected chi connectivity index (χ4v) is 4.53. The van der Waals surface area contributed by atoms with Crippen molar-refractivity contribution in [3.8, 4) is 0 Å². The van der Waals surface area contributed by atoms with Crippen molar-refractivity contribution in [2.45, 2.75) is 49.6 Å². The number of benzene rings is 1. The van der Waals surface area contributed by atoms with Gasteiger partial charge < -0.3 is 10.6 Å². The summed E-state index contributed by atoms with van der Waals surface area (Å²) in [6.45, 7) is 2.06. The zero-order valence-corrected chi connectivity index (χ0v) is 16.0. The van der Waals surface area contributed by atoms with E-state index in [1.165, 1.54) is 16.4 Å². The van der Waals surface area contributed by atoms with Crippen molar-refractivity contribution in [2.75, 3.05) is 13.1 Å². The molecule has 2 amide bonds. The van der Waals surface area contributed by atoms with Crippen molar-refractivity contribution >= 4 is 21.8 Å². The van der Waals surface area contributed by atoms with E-state index < -0.39 is 21.9 Å². The molecule has 1 aliphatic heterocycles. The predicted molar refractivity (Wildman–Crippen MR) is 96.7 cm³/mol. The minimum atomic E-state index is -3.70. The molecule has 148 valence electrons. The van der Waals surface area contributed by atoms with Gasteiger partial charge in [0.15, 0.2) is 0 Å². The molecule has 0 spiro atoms. The molecule has 1 saturated heterocycles. The molecule has 1 aromatic rings. The predicted octanol–water partition coefficient (Wildman–Crippen LogP) is 1.01. The fourth-order valence-electron chi connectivity index (χ4n) is 3.06. The summed E-state index contributed by atoms with van der Waals surface area (Å²) in [4.78, 5) is 24.4. The molecule has 0 aromatic heterocycles. The van der Waals surface area contributed by atoms with Crippen molar-refractivity contribution < 1.29 is 22.4 Å². The van der Waals surface area contributed by atoms with Gasteiger partial charge in [0.1, 0.15) is 11.9 Å². The average molecular weight is 397 g/mol. The van der Waals surface area contributed by atoms with Gasteiger partial charge in [-0.25, -0.2) is 12.8 Å². The molecule has 0 unspecified atom stereocenters. The van der Waals surface area contributed by atoms with Gasteiger partial charge in [-0.05, 0) is 56.9 Å². The monoisotopic (exact) mass is 397 g/mol. The second-order valence-corrected chi connectivity index (χ2v) is 9.08. The number of hydrogen-bond acceptors (Lipinski definition) is 4. The number of halogens is 1. The van der Waals surface area contributed by atoms with Crippen LogP contribution in [0.25, 0.3) is 0 Å². The second-order valence-electron chi connectivity index (χ2n) is 7.15. The summed E-state index contributed by atoms with van der Waals surface area (Å²) in [5, 5.41) is 5.56.